The quantitative estimate of drug-likeness (QED) is 0.613. The monoisotopic (exact) mass is 249 g/mol. The van der Waals surface area contributed by atoms with E-state index in [1.165, 1.54) is 6.07 Å². The number of nitrogens with one attached hydrogen (secondary N) is 1. The minimum absolute atomic E-state index is 0.0482. The molecule has 0 heterocycles. The highest BCUT2D eigenvalue weighted by atomic mass is 16.6. The van der Waals surface area contributed by atoms with Crippen molar-refractivity contribution in [2.75, 3.05) is 13.7 Å². The highest BCUT2D eigenvalue weighted by Crippen LogP contribution is 2.30. The first-order valence-corrected chi connectivity index (χ1v) is 5.53. The normalized spacial score (nSPS) is 11.6. The predicted octanol–water partition coefficient (Wildman–Crippen LogP) is 1.78. The average molecular weight is 249 g/mol. The van der Waals surface area contributed by atoms with Gasteiger partial charge in [0.2, 0.25) is 0 Å². The molecule has 1 N–H and O–H groups in total. The number of nitro groups is 1. The van der Waals surface area contributed by atoms with Crippen LogP contribution in [0.15, 0.2) is 18.2 Å². The largest absolute Gasteiger partial charge is 0.487 e. The minimum atomic E-state index is -0.470. The zero-order valence-electron chi connectivity index (χ0n) is 10.3. The SMILES string of the molecule is CNC(C#N)CCOc1c(C)cccc1[N+](=O)[O-]. The third-order valence-electron chi connectivity index (χ3n) is 2.55. The molecule has 0 fully saturated rings. The van der Waals surface area contributed by atoms with Gasteiger partial charge in [-0.1, -0.05) is 12.1 Å². The number of ether oxygens (including phenoxy) is 1. The van der Waals surface area contributed by atoms with Crippen molar-refractivity contribution >= 4 is 5.69 Å². The van der Waals surface area contributed by atoms with Crippen LogP contribution in [0, 0.1) is 28.4 Å². The molecule has 0 aliphatic carbocycles. The summed E-state index contributed by atoms with van der Waals surface area (Å²) in [6, 6.07) is 6.53. The van der Waals surface area contributed by atoms with Gasteiger partial charge < -0.3 is 10.1 Å². The molecule has 0 saturated carbocycles. The molecule has 0 bridgehead atoms. The van der Waals surface area contributed by atoms with Gasteiger partial charge in [0.1, 0.15) is 0 Å². The van der Waals surface area contributed by atoms with E-state index in [0.29, 0.717) is 12.0 Å². The zero-order chi connectivity index (χ0) is 13.5. The summed E-state index contributed by atoms with van der Waals surface area (Å²) < 4.78 is 5.43. The van der Waals surface area contributed by atoms with Gasteiger partial charge in [-0.25, -0.2) is 0 Å². The number of nitro benzene ring substituents is 1. The topological polar surface area (TPSA) is 88.2 Å². The molecule has 0 aliphatic rings. The molecule has 18 heavy (non-hydrogen) atoms. The van der Waals surface area contributed by atoms with Gasteiger partial charge in [0.05, 0.1) is 23.6 Å². The molecule has 0 amide bonds. The number of hydrogen-bond donors (Lipinski definition) is 1. The number of aryl methyl sites for hydroxylation is 1. The van der Waals surface area contributed by atoms with Crippen molar-refractivity contribution in [2.45, 2.75) is 19.4 Å². The number of benzene rings is 1. The smallest absolute Gasteiger partial charge is 0.311 e. The van der Waals surface area contributed by atoms with Gasteiger partial charge >= 0.3 is 5.69 Å². The maximum Gasteiger partial charge on any atom is 0.311 e. The number of nitrogens with zero attached hydrogens (tertiary/aromatic N) is 2. The second kappa shape index (κ2) is 6.57. The van der Waals surface area contributed by atoms with Crippen molar-refractivity contribution in [3.8, 4) is 11.8 Å². The van der Waals surface area contributed by atoms with Crippen LogP contribution in [0.5, 0.6) is 5.75 Å². The Labute approximate surface area is 105 Å². The Kier molecular flexibility index (Phi) is 5.08. The van der Waals surface area contributed by atoms with Crippen LogP contribution >= 0.6 is 0 Å². The number of rotatable bonds is 6. The molecule has 6 nitrogen and oxygen atoms in total. The Morgan fingerprint density at radius 2 is 2.33 bits per heavy atom. The van der Waals surface area contributed by atoms with Crippen LogP contribution in [-0.2, 0) is 0 Å². The van der Waals surface area contributed by atoms with E-state index in [2.05, 4.69) is 11.4 Å². The molecule has 96 valence electrons. The van der Waals surface area contributed by atoms with Gasteiger partial charge in [-0.15, -0.1) is 0 Å². The van der Waals surface area contributed by atoms with Crippen molar-refractivity contribution < 1.29 is 9.66 Å². The van der Waals surface area contributed by atoms with Gasteiger partial charge in [0.25, 0.3) is 0 Å². The lowest BCUT2D eigenvalue weighted by molar-refractivity contribution is -0.385. The first-order chi connectivity index (χ1) is 8.60. The van der Waals surface area contributed by atoms with Gasteiger partial charge in [-0.3, -0.25) is 10.1 Å². The fraction of sp³-hybridized carbons (Fsp3) is 0.417. The van der Waals surface area contributed by atoms with Gasteiger partial charge in [0, 0.05) is 12.5 Å². The summed E-state index contributed by atoms with van der Waals surface area (Å²) in [5.74, 6) is 0.273. The number of nitriles is 1. The van der Waals surface area contributed by atoms with Crippen molar-refractivity contribution in [3.05, 3.63) is 33.9 Å². The molecule has 0 aliphatic heterocycles. The molecular formula is C12H15N3O3. The molecule has 1 aromatic rings. The fourth-order valence-corrected chi connectivity index (χ4v) is 1.52. The van der Waals surface area contributed by atoms with Crippen LogP contribution in [0.3, 0.4) is 0 Å². The summed E-state index contributed by atoms with van der Waals surface area (Å²) in [6.45, 7) is 2.01. The molecule has 6 heteroatoms. The predicted molar refractivity (Wildman–Crippen MR) is 66.4 cm³/mol. The molecule has 1 unspecified atom stereocenters. The Morgan fingerprint density at radius 1 is 1.61 bits per heavy atom. The Balaban J connectivity index is 2.73. The van der Waals surface area contributed by atoms with Crippen LogP contribution < -0.4 is 10.1 Å². The lowest BCUT2D eigenvalue weighted by atomic mass is 10.2. The molecule has 0 radical (unpaired) electrons. The summed E-state index contributed by atoms with van der Waals surface area (Å²) in [4.78, 5) is 10.4. The van der Waals surface area contributed by atoms with Crippen LogP contribution in [0.2, 0.25) is 0 Å². The van der Waals surface area contributed by atoms with Crippen molar-refractivity contribution in [1.29, 1.82) is 5.26 Å². The summed E-state index contributed by atoms with van der Waals surface area (Å²) in [6.07, 6.45) is 0.471. The maximum absolute atomic E-state index is 10.8. The summed E-state index contributed by atoms with van der Waals surface area (Å²) in [7, 11) is 1.68. The third-order valence-corrected chi connectivity index (χ3v) is 2.55. The first-order valence-electron chi connectivity index (χ1n) is 5.53. The molecule has 1 aromatic carbocycles. The standard InChI is InChI=1S/C12H15N3O3/c1-9-4-3-5-11(15(16)17)12(9)18-7-6-10(8-13)14-2/h3-5,10,14H,6-7H2,1-2H3. The molecule has 0 aromatic heterocycles. The van der Waals surface area contributed by atoms with E-state index in [4.69, 9.17) is 10.00 Å². The Bertz CT molecular complexity index is 468. The Morgan fingerprint density at radius 3 is 2.89 bits per heavy atom. The van der Waals surface area contributed by atoms with Crippen LogP contribution in [-0.4, -0.2) is 24.6 Å². The van der Waals surface area contributed by atoms with E-state index >= 15 is 0 Å². The van der Waals surface area contributed by atoms with Crippen molar-refractivity contribution in [3.63, 3.8) is 0 Å². The average Bonchev–Trinajstić information content (AvgIpc) is 2.36. The van der Waals surface area contributed by atoms with Crippen LogP contribution in [0.1, 0.15) is 12.0 Å². The van der Waals surface area contributed by atoms with Crippen molar-refractivity contribution in [1.82, 2.24) is 5.32 Å². The van der Waals surface area contributed by atoms with Gasteiger partial charge in [0.15, 0.2) is 5.75 Å². The second-order valence-corrected chi connectivity index (χ2v) is 3.79. The maximum atomic E-state index is 10.8. The van der Waals surface area contributed by atoms with E-state index in [9.17, 15) is 10.1 Å². The zero-order valence-corrected chi connectivity index (χ0v) is 10.3. The molecule has 0 saturated heterocycles. The summed E-state index contributed by atoms with van der Waals surface area (Å²) in [5, 5.41) is 22.4. The second-order valence-electron chi connectivity index (χ2n) is 3.79. The fourth-order valence-electron chi connectivity index (χ4n) is 1.52. The summed E-state index contributed by atoms with van der Waals surface area (Å²) in [5.41, 5.74) is 0.662. The third kappa shape index (κ3) is 3.43. The van der Waals surface area contributed by atoms with E-state index in [1.54, 1.807) is 26.1 Å². The molecular weight excluding hydrogens is 234 g/mol. The number of hydrogen-bond acceptors (Lipinski definition) is 5. The highest BCUT2D eigenvalue weighted by molar-refractivity contribution is 5.51. The van der Waals surface area contributed by atoms with Crippen LogP contribution in [0.25, 0.3) is 0 Å². The Hall–Kier alpha value is -2.13. The molecule has 1 atom stereocenters. The number of para-hydroxylation sites is 1. The molecule has 0 spiro atoms. The lowest BCUT2D eigenvalue weighted by Gasteiger charge is -2.11. The van der Waals surface area contributed by atoms with E-state index in [0.717, 1.165) is 0 Å². The van der Waals surface area contributed by atoms with Crippen molar-refractivity contribution in [2.24, 2.45) is 0 Å². The van der Waals surface area contributed by atoms with Gasteiger partial charge in [-0.2, -0.15) is 5.26 Å². The van der Waals surface area contributed by atoms with Crippen LogP contribution in [0.4, 0.5) is 5.69 Å². The summed E-state index contributed by atoms with van der Waals surface area (Å²) >= 11 is 0. The van der Waals surface area contributed by atoms with Gasteiger partial charge in [-0.05, 0) is 19.5 Å². The first kappa shape index (κ1) is 13.9. The van der Waals surface area contributed by atoms with E-state index in [-0.39, 0.29) is 24.1 Å². The molecule has 1 rings (SSSR count). The highest BCUT2D eigenvalue weighted by Gasteiger charge is 2.17. The lowest BCUT2D eigenvalue weighted by Crippen LogP contribution is -2.25. The van der Waals surface area contributed by atoms with E-state index in [1.807, 2.05) is 0 Å². The van der Waals surface area contributed by atoms with E-state index < -0.39 is 4.92 Å². The minimum Gasteiger partial charge on any atom is -0.487 e.